The SMILES string of the molecule is COc1ccc2c(c1)[C@]1(C[C@H]1C1CCC3C(C1)NNC3Nc1cc(-c3ncco3)cnc1OC)C(=O)N2. The molecule has 1 amide bonds. The van der Waals surface area contributed by atoms with Crippen LogP contribution >= 0.6 is 0 Å². The second-order valence-electron chi connectivity index (χ2n) is 10.5. The van der Waals surface area contributed by atoms with E-state index in [9.17, 15) is 4.79 Å². The molecule has 10 heteroatoms. The molecule has 2 aliphatic heterocycles. The molecule has 192 valence electrons. The van der Waals surface area contributed by atoms with Crippen molar-refractivity contribution in [2.24, 2.45) is 17.8 Å². The van der Waals surface area contributed by atoms with Crippen molar-refractivity contribution in [3.8, 4) is 23.1 Å². The predicted molar refractivity (Wildman–Crippen MR) is 136 cm³/mol. The molecule has 3 aromatic rings. The lowest BCUT2D eigenvalue weighted by Gasteiger charge is -2.34. The van der Waals surface area contributed by atoms with Gasteiger partial charge in [-0.15, -0.1) is 0 Å². The highest BCUT2D eigenvalue weighted by atomic mass is 16.5. The first-order valence-corrected chi connectivity index (χ1v) is 12.8. The third kappa shape index (κ3) is 3.50. The van der Waals surface area contributed by atoms with Crippen molar-refractivity contribution in [2.75, 3.05) is 24.9 Å². The number of methoxy groups -OCH3 is 2. The van der Waals surface area contributed by atoms with Crippen molar-refractivity contribution in [1.82, 2.24) is 20.8 Å². The number of amides is 1. The summed E-state index contributed by atoms with van der Waals surface area (Å²) in [5.41, 5.74) is 10.2. The predicted octanol–water partition coefficient (Wildman–Crippen LogP) is 3.29. The molecule has 4 N–H and O–H groups in total. The number of benzene rings is 1. The number of fused-ring (bicyclic) bond motifs is 3. The van der Waals surface area contributed by atoms with E-state index in [1.807, 2.05) is 24.3 Å². The lowest BCUT2D eigenvalue weighted by atomic mass is 9.74. The molecular formula is C27H30N6O4. The zero-order chi connectivity index (χ0) is 25.1. The fourth-order valence-electron chi connectivity index (χ4n) is 6.89. The quantitative estimate of drug-likeness (QED) is 0.402. The minimum Gasteiger partial charge on any atom is -0.497 e. The molecule has 4 unspecified atom stereocenters. The maximum Gasteiger partial charge on any atom is 0.237 e. The van der Waals surface area contributed by atoms with Gasteiger partial charge < -0.3 is 24.5 Å². The second kappa shape index (κ2) is 8.46. The summed E-state index contributed by atoms with van der Waals surface area (Å²) < 4.78 is 16.4. The maximum absolute atomic E-state index is 13.1. The molecule has 10 nitrogen and oxygen atoms in total. The molecule has 7 rings (SSSR count). The normalized spacial score (nSPS) is 31.5. The summed E-state index contributed by atoms with van der Waals surface area (Å²) in [5, 5.41) is 6.71. The van der Waals surface area contributed by atoms with Crippen molar-refractivity contribution < 1.29 is 18.7 Å². The van der Waals surface area contributed by atoms with Crippen molar-refractivity contribution in [2.45, 2.75) is 43.3 Å². The summed E-state index contributed by atoms with van der Waals surface area (Å²) in [5.74, 6) is 3.23. The molecule has 6 atom stereocenters. The van der Waals surface area contributed by atoms with Crippen molar-refractivity contribution in [3.63, 3.8) is 0 Å². The van der Waals surface area contributed by atoms with E-state index in [4.69, 9.17) is 13.9 Å². The number of aromatic nitrogens is 2. The van der Waals surface area contributed by atoms with Gasteiger partial charge in [-0.05, 0) is 67.3 Å². The highest BCUT2D eigenvalue weighted by Gasteiger charge is 2.67. The largest absolute Gasteiger partial charge is 0.497 e. The van der Waals surface area contributed by atoms with Gasteiger partial charge in [0.25, 0.3) is 0 Å². The molecular weight excluding hydrogens is 472 g/mol. The Bertz CT molecular complexity index is 1350. The number of ether oxygens (including phenoxy) is 2. The monoisotopic (exact) mass is 502 g/mol. The molecule has 1 aromatic carbocycles. The Morgan fingerprint density at radius 2 is 2.05 bits per heavy atom. The van der Waals surface area contributed by atoms with Gasteiger partial charge in [0.2, 0.25) is 17.7 Å². The molecule has 4 aliphatic rings. The van der Waals surface area contributed by atoms with Gasteiger partial charge in [0.05, 0.1) is 43.2 Å². The van der Waals surface area contributed by atoms with Crippen LogP contribution in [0.2, 0.25) is 0 Å². The third-order valence-electron chi connectivity index (χ3n) is 8.78. The van der Waals surface area contributed by atoms with E-state index in [0.29, 0.717) is 35.6 Å². The van der Waals surface area contributed by atoms with Gasteiger partial charge in [0.15, 0.2) is 0 Å². The van der Waals surface area contributed by atoms with E-state index >= 15 is 0 Å². The van der Waals surface area contributed by atoms with Gasteiger partial charge in [-0.3, -0.25) is 10.2 Å². The van der Waals surface area contributed by atoms with E-state index < -0.39 is 5.41 Å². The van der Waals surface area contributed by atoms with Gasteiger partial charge in [0.1, 0.15) is 12.0 Å². The molecule has 2 aromatic heterocycles. The summed E-state index contributed by atoms with van der Waals surface area (Å²) in [7, 11) is 3.29. The minimum absolute atomic E-state index is 0.0226. The average Bonchev–Trinajstić information content (AvgIpc) is 3.20. The topological polar surface area (TPSA) is 123 Å². The lowest BCUT2D eigenvalue weighted by molar-refractivity contribution is -0.118. The van der Waals surface area contributed by atoms with Crippen LogP contribution in [0.4, 0.5) is 11.4 Å². The van der Waals surface area contributed by atoms with Crippen LogP contribution in [-0.2, 0) is 10.2 Å². The van der Waals surface area contributed by atoms with Gasteiger partial charge in [0, 0.05) is 23.8 Å². The van der Waals surface area contributed by atoms with E-state index in [1.54, 1.807) is 32.9 Å². The molecule has 1 spiro atoms. The molecule has 2 saturated carbocycles. The van der Waals surface area contributed by atoms with Crippen LogP contribution in [0, 0.1) is 17.8 Å². The molecule has 37 heavy (non-hydrogen) atoms. The molecule has 0 radical (unpaired) electrons. The number of carbonyl (C=O) groups is 1. The number of carbonyl (C=O) groups excluding carboxylic acids is 1. The van der Waals surface area contributed by atoms with Crippen LogP contribution in [0.3, 0.4) is 0 Å². The van der Waals surface area contributed by atoms with Crippen LogP contribution in [0.1, 0.15) is 31.2 Å². The number of hydrogen-bond donors (Lipinski definition) is 4. The molecule has 2 aliphatic carbocycles. The third-order valence-corrected chi connectivity index (χ3v) is 8.78. The van der Waals surface area contributed by atoms with Crippen LogP contribution in [0.5, 0.6) is 11.6 Å². The Morgan fingerprint density at radius 1 is 1.14 bits per heavy atom. The number of hydrogen-bond acceptors (Lipinski definition) is 9. The number of nitrogens with zero attached hydrogens (tertiary/aromatic N) is 2. The van der Waals surface area contributed by atoms with Crippen molar-refractivity contribution >= 4 is 17.3 Å². The average molecular weight is 503 g/mol. The highest BCUT2D eigenvalue weighted by Crippen LogP contribution is 2.65. The Labute approximate surface area is 214 Å². The van der Waals surface area contributed by atoms with Crippen LogP contribution in [0.15, 0.2) is 47.3 Å². The maximum atomic E-state index is 13.1. The minimum atomic E-state index is -0.398. The van der Waals surface area contributed by atoms with E-state index in [2.05, 4.69) is 31.5 Å². The zero-order valence-electron chi connectivity index (χ0n) is 20.8. The summed E-state index contributed by atoms with van der Waals surface area (Å²) in [4.78, 5) is 21.8. The van der Waals surface area contributed by atoms with E-state index in [0.717, 1.165) is 53.9 Å². The number of nitrogens with one attached hydrogen (secondary N) is 4. The second-order valence-corrected chi connectivity index (χ2v) is 10.5. The highest BCUT2D eigenvalue weighted by molar-refractivity contribution is 6.09. The van der Waals surface area contributed by atoms with Gasteiger partial charge in [-0.1, -0.05) is 0 Å². The first-order chi connectivity index (χ1) is 18.1. The number of oxazole rings is 1. The molecule has 3 fully saturated rings. The first kappa shape index (κ1) is 22.6. The number of anilines is 2. The van der Waals surface area contributed by atoms with Crippen LogP contribution < -0.4 is 31.0 Å². The van der Waals surface area contributed by atoms with E-state index in [1.165, 1.54) is 0 Å². The molecule has 1 saturated heterocycles. The smallest absolute Gasteiger partial charge is 0.237 e. The Balaban J connectivity index is 1.06. The lowest BCUT2D eigenvalue weighted by Crippen LogP contribution is -2.39. The fraction of sp³-hybridized carbons (Fsp3) is 0.444. The zero-order valence-corrected chi connectivity index (χ0v) is 20.8. The number of pyridine rings is 1. The van der Waals surface area contributed by atoms with Gasteiger partial charge in [-0.2, -0.15) is 0 Å². The van der Waals surface area contributed by atoms with E-state index in [-0.39, 0.29) is 12.1 Å². The van der Waals surface area contributed by atoms with Crippen molar-refractivity contribution in [3.05, 3.63) is 48.5 Å². The molecule has 0 bridgehead atoms. The standard InChI is InChI=1S/C27H30N6O4/c1-35-16-4-6-20-18(11-16)27(26(34)31-20)12-19(27)14-3-5-17-21(9-14)32-33-23(17)30-22-10-15(13-29-25(22)36-2)24-28-7-8-37-24/h4,6-8,10-11,13-14,17,19,21,23,30,32-33H,3,5,9,12H2,1-2H3,(H,31,34)/t14?,17?,19-,21?,23?,27-/m0/s1. The molecule has 4 heterocycles. The number of hydrazine groups is 1. The summed E-state index contributed by atoms with van der Waals surface area (Å²) in [6, 6.07) is 8.19. The van der Waals surface area contributed by atoms with Crippen molar-refractivity contribution in [1.29, 1.82) is 0 Å². The Kier molecular flexibility index (Phi) is 5.16. The summed E-state index contributed by atoms with van der Waals surface area (Å²) in [6.45, 7) is 0. The first-order valence-electron chi connectivity index (χ1n) is 12.8. The Morgan fingerprint density at radius 3 is 2.86 bits per heavy atom. The van der Waals surface area contributed by atoms with Crippen LogP contribution in [0.25, 0.3) is 11.5 Å². The van der Waals surface area contributed by atoms with Crippen LogP contribution in [-0.4, -0.2) is 42.3 Å². The fourth-order valence-corrected chi connectivity index (χ4v) is 6.89. The summed E-state index contributed by atoms with van der Waals surface area (Å²) in [6.07, 6.45) is 8.97. The number of rotatable bonds is 6. The van der Waals surface area contributed by atoms with Gasteiger partial charge in [-0.25, -0.2) is 15.4 Å². The Hall–Kier alpha value is -3.63. The summed E-state index contributed by atoms with van der Waals surface area (Å²) >= 11 is 0. The van der Waals surface area contributed by atoms with Gasteiger partial charge >= 0.3 is 0 Å².